The fraction of sp³-hybridized carbons (Fsp3) is 0.350. The third-order valence-corrected chi connectivity index (χ3v) is 4.49. The number of nitrogens with one attached hydrogen (secondary N) is 3. The van der Waals surface area contributed by atoms with Crippen LogP contribution in [0.4, 0.5) is 0 Å². The van der Waals surface area contributed by atoms with Gasteiger partial charge in [-0.05, 0) is 35.0 Å². The highest BCUT2D eigenvalue weighted by Gasteiger charge is 2.11. The Morgan fingerprint density at radius 3 is 2.61 bits per heavy atom. The van der Waals surface area contributed by atoms with Gasteiger partial charge in [0, 0.05) is 27.3 Å². The lowest BCUT2D eigenvalue weighted by molar-refractivity contribution is -0.127. The van der Waals surface area contributed by atoms with Crippen LogP contribution in [-0.2, 0) is 20.7 Å². The van der Waals surface area contributed by atoms with Crippen LogP contribution in [0.5, 0.6) is 0 Å². The monoisotopic (exact) mass is 402 g/mol. The van der Waals surface area contributed by atoms with Gasteiger partial charge in [0.25, 0.3) is 5.91 Å². The Bertz CT molecular complexity index is 823. The highest BCUT2D eigenvalue weighted by molar-refractivity contribution is 7.80. The first-order chi connectivity index (χ1) is 13.5. The second kappa shape index (κ2) is 11.2. The van der Waals surface area contributed by atoms with Crippen LogP contribution in [0.1, 0.15) is 12.0 Å². The third kappa shape index (κ3) is 6.79. The van der Waals surface area contributed by atoms with Crippen LogP contribution in [0.15, 0.2) is 42.5 Å². The molecule has 0 saturated carbocycles. The molecule has 2 aromatic carbocycles. The van der Waals surface area contributed by atoms with Crippen molar-refractivity contribution < 1.29 is 14.3 Å². The van der Waals surface area contributed by atoms with Gasteiger partial charge in [-0.1, -0.05) is 42.5 Å². The molecule has 0 atom stereocenters. The molecule has 0 saturated heterocycles. The quantitative estimate of drug-likeness (QED) is 0.352. The number of thiocarbonyl (C=S) groups is 1. The van der Waals surface area contributed by atoms with Crippen LogP contribution in [-0.4, -0.2) is 55.8 Å². The minimum absolute atomic E-state index is 0.125. The van der Waals surface area contributed by atoms with Crippen LogP contribution in [0, 0.1) is 0 Å². The molecule has 3 N–H and O–H groups in total. The number of hydrazine groups is 1. The van der Waals surface area contributed by atoms with Crippen molar-refractivity contribution in [2.45, 2.75) is 12.8 Å². The van der Waals surface area contributed by atoms with E-state index in [1.807, 2.05) is 42.5 Å². The van der Waals surface area contributed by atoms with E-state index < -0.39 is 0 Å². The van der Waals surface area contributed by atoms with Gasteiger partial charge in [0.05, 0.1) is 13.0 Å². The van der Waals surface area contributed by atoms with E-state index in [0.717, 1.165) is 22.8 Å². The number of amides is 2. The van der Waals surface area contributed by atoms with Crippen molar-refractivity contribution in [3.63, 3.8) is 0 Å². The molecule has 150 valence electrons. The van der Waals surface area contributed by atoms with Gasteiger partial charge in [-0.25, -0.2) is 0 Å². The summed E-state index contributed by atoms with van der Waals surface area (Å²) in [5.74, 6) is -0.566. The number of hydrogen-bond acceptors (Lipinski definition) is 4. The maximum absolute atomic E-state index is 12.2. The van der Waals surface area contributed by atoms with E-state index in [-0.39, 0.29) is 24.8 Å². The molecule has 0 bridgehead atoms. The second-order valence-electron chi connectivity index (χ2n) is 6.26. The fourth-order valence-electron chi connectivity index (χ4n) is 2.67. The smallest absolute Gasteiger partial charge is 0.257 e. The first kappa shape index (κ1) is 21.6. The van der Waals surface area contributed by atoms with Gasteiger partial charge in [0.15, 0.2) is 5.11 Å². The Hall–Kier alpha value is -2.71. The van der Waals surface area contributed by atoms with Gasteiger partial charge in [0.1, 0.15) is 0 Å². The highest BCUT2D eigenvalue weighted by atomic mass is 32.1. The van der Waals surface area contributed by atoms with Gasteiger partial charge in [0.2, 0.25) is 5.91 Å². The third-order valence-electron chi connectivity index (χ3n) is 4.08. The summed E-state index contributed by atoms with van der Waals surface area (Å²) in [5.41, 5.74) is 3.54. The Labute approximate surface area is 170 Å². The van der Waals surface area contributed by atoms with E-state index in [0.29, 0.717) is 18.3 Å². The summed E-state index contributed by atoms with van der Waals surface area (Å²) in [5, 5.41) is 9.59. The number of hydrogen-bond donors (Lipinski definition) is 3. The normalized spacial score (nSPS) is 10.4. The molecule has 0 fully saturated rings. The summed E-state index contributed by atoms with van der Waals surface area (Å²) in [6.45, 7) is 1.16. The summed E-state index contributed by atoms with van der Waals surface area (Å²) >= 11 is 5.18. The standard InChI is InChI=1S/C20H26N4O3S/c1-24(20(28)21-11-6-12-27-2)23-19(26)14-22-18(25)13-16-9-5-8-15-7-3-4-10-17(15)16/h3-5,7-10H,6,11-14H2,1-2H3,(H,21,28)(H,22,25)(H,23,26). The van der Waals surface area contributed by atoms with Gasteiger partial charge in [-0.15, -0.1) is 0 Å². The van der Waals surface area contributed by atoms with Crippen LogP contribution in [0.3, 0.4) is 0 Å². The molecule has 0 radical (unpaired) electrons. The zero-order chi connectivity index (χ0) is 20.4. The molecule has 0 aromatic heterocycles. The van der Waals surface area contributed by atoms with Crippen molar-refractivity contribution in [3.05, 3.63) is 48.0 Å². The van der Waals surface area contributed by atoms with E-state index >= 15 is 0 Å². The molecule has 7 nitrogen and oxygen atoms in total. The Morgan fingerprint density at radius 2 is 1.82 bits per heavy atom. The predicted octanol–water partition coefficient (Wildman–Crippen LogP) is 1.37. The zero-order valence-corrected chi connectivity index (χ0v) is 17.0. The summed E-state index contributed by atoms with van der Waals surface area (Å²) in [6, 6.07) is 13.7. The summed E-state index contributed by atoms with van der Waals surface area (Å²) < 4.78 is 4.96. The SMILES string of the molecule is COCCCNC(=S)N(C)NC(=O)CNC(=O)Cc1cccc2ccccc12. The maximum Gasteiger partial charge on any atom is 0.257 e. The van der Waals surface area contributed by atoms with Crippen molar-refractivity contribution in [2.75, 3.05) is 33.9 Å². The topological polar surface area (TPSA) is 82.7 Å². The molecule has 0 aliphatic heterocycles. The molecular formula is C20H26N4O3S. The lowest BCUT2D eigenvalue weighted by Crippen LogP contribution is -2.51. The number of benzene rings is 2. The van der Waals surface area contributed by atoms with Crippen molar-refractivity contribution in [3.8, 4) is 0 Å². The average molecular weight is 403 g/mol. The van der Waals surface area contributed by atoms with Crippen LogP contribution >= 0.6 is 12.2 Å². The molecule has 2 rings (SSSR count). The predicted molar refractivity (Wildman–Crippen MR) is 114 cm³/mol. The minimum Gasteiger partial charge on any atom is -0.385 e. The number of carbonyl (C=O) groups excluding carboxylic acids is 2. The van der Waals surface area contributed by atoms with E-state index in [1.54, 1.807) is 14.2 Å². The molecule has 2 amide bonds. The Morgan fingerprint density at radius 1 is 1.07 bits per heavy atom. The molecular weight excluding hydrogens is 376 g/mol. The average Bonchev–Trinajstić information content (AvgIpc) is 2.70. The molecule has 0 unspecified atom stereocenters. The van der Waals surface area contributed by atoms with Gasteiger partial charge in [-0.2, -0.15) is 0 Å². The number of carbonyl (C=O) groups is 2. The van der Waals surface area contributed by atoms with E-state index in [4.69, 9.17) is 17.0 Å². The fourth-order valence-corrected chi connectivity index (χ4v) is 2.82. The summed E-state index contributed by atoms with van der Waals surface area (Å²) in [7, 11) is 3.28. The molecule has 2 aromatic rings. The molecule has 8 heteroatoms. The molecule has 0 spiro atoms. The van der Waals surface area contributed by atoms with Crippen LogP contribution in [0.2, 0.25) is 0 Å². The first-order valence-electron chi connectivity index (χ1n) is 9.04. The Balaban J connectivity index is 1.76. The van der Waals surface area contributed by atoms with Crippen LogP contribution < -0.4 is 16.1 Å². The van der Waals surface area contributed by atoms with Crippen LogP contribution in [0.25, 0.3) is 10.8 Å². The minimum atomic E-state index is -0.352. The largest absolute Gasteiger partial charge is 0.385 e. The lowest BCUT2D eigenvalue weighted by Gasteiger charge is -2.21. The zero-order valence-electron chi connectivity index (χ0n) is 16.2. The molecule has 0 heterocycles. The second-order valence-corrected chi connectivity index (χ2v) is 6.65. The van der Waals surface area contributed by atoms with Crippen molar-refractivity contribution in [2.24, 2.45) is 0 Å². The number of rotatable bonds is 8. The molecule has 0 aliphatic rings. The van der Waals surface area contributed by atoms with Crippen molar-refractivity contribution >= 4 is 39.9 Å². The summed E-state index contributed by atoms with van der Waals surface area (Å²) in [6.07, 6.45) is 1.02. The van der Waals surface area contributed by atoms with E-state index in [2.05, 4.69) is 16.1 Å². The van der Waals surface area contributed by atoms with Crippen molar-refractivity contribution in [1.82, 2.24) is 21.1 Å². The van der Waals surface area contributed by atoms with Gasteiger partial charge in [-0.3, -0.25) is 20.0 Å². The van der Waals surface area contributed by atoms with E-state index in [1.165, 1.54) is 5.01 Å². The van der Waals surface area contributed by atoms with Gasteiger partial charge < -0.3 is 15.4 Å². The Kier molecular flexibility index (Phi) is 8.64. The summed E-state index contributed by atoms with van der Waals surface area (Å²) in [4.78, 5) is 24.3. The highest BCUT2D eigenvalue weighted by Crippen LogP contribution is 2.18. The van der Waals surface area contributed by atoms with Crippen molar-refractivity contribution in [1.29, 1.82) is 0 Å². The number of nitrogens with zero attached hydrogens (tertiary/aromatic N) is 1. The number of methoxy groups -OCH3 is 1. The molecule has 0 aliphatic carbocycles. The van der Waals surface area contributed by atoms with Gasteiger partial charge >= 0.3 is 0 Å². The first-order valence-corrected chi connectivity index (χ1v) is 9.45. The molecule has 28 heavy (non-hydrogen) atoms. The lowest BCUT2D eigenvalue weighted by atomic mass is 10.0. The number of ether oxygens (including phenoxy) is 1. The maximum atomic E-state index is 12.2. The van der Waals surface area contributed by atoms with E-state index in [9.17, 15) is 9.59 Å². The number of fused-ring (bicyclic) bond motifs is 1.